The van der Waals surface area contributed by atoms with E-state index in [1.54, 1.807) is 14.2 Å². The van der Waals surface area contributed by atoms with Crippen LogP contribution in [-0.4, -0.2) is 36.6 Å². The number of guanidine groups is 1. The zero-order chi connectivity index (χ0) is 16.8. The van der Waals surface area contributed by atoms with Gasteiger partial charge in [-0.05, 0) is 39.7 Å². The molecule has 0 saturated carbocycles. The van der Waals surface area contributed by atoms with Crippen molar-refractivity contribution in [2.45, 2.75) is 13.1 Å². The highest BCUT2D eigenvalue weighted by Gasteiger charge is 2.09. The van der Waals surface area contributed by atoms with Crippen LogP contribution < -0.4 is 10.1 Å². The highest BCUT2D eigenvalue weighted by Crippen LogP contribution is 2.15. The third-order valence-corrected chi connectivity index (χ3v) is 4.09. The molecule has 1 aromatic heterocycles. The molecule has 0 saturated heterocycles. The van der Waals surface area contributed by atoms with Gasteiger partial charge in [0.25, 0.3) is 0 Å². The van der Waals surface area contributed by atoms with Gasteiger partial charge < -0.3 is 19.5 Å². The van der Waals surface area contributed by atoms with E-state index in [0.29, 0.717) is 0 Å². The van der Waals surface area contributed by atoms with Crippen LogP contribution in [0.1, 0.15) is 11.3 Å². The Kier molecular flexibility index (Phi) is 6.10. The van der Waals surface area contributed by atoms with Gasteiger partial charge in [-0.25, -0.2) is 0 Å². The van der Waals surface area contributed by atoms with Crippen LogP contribution in [0.5, 0.6) is 5.75 Å². The van der Waals surface area contributed by atoms with Gasteiger partial charge in [0, 0.05) is 44.1 Å². The minimum absolute atomic E-state index is 0.720. The lowest BCUT2D eigenvalue weighted by Gasteiger charge is -2.22. The fraction of sp³-hybridized carbons (Fsp3) is 0.353. The molecule has 0 fully saturated rings. The predicted molar refractivity (Wildman–Crippen MR) is 97.8 cm³/mol. The SMILES string of the molecule is CN=C(NCc1ccc(OC)cc1)N(C)Cc1cc(Br)cn1C. The zero-order valence-corrected chi connectivity index (χ0v) is 15.6. The first-order chi connectivity index (χ1) is 11.0. The monoisotopic (exact) mass is 378 g/mol. The van der Waals surface area contributed by atoms with E-state index < -0.39 is 0 Å². The van der Waals surface area contributed by atoms with Crippen molar-refractivity contribution in [2.75, 3.05) is 21.2 Å². The molecule has 0 spiro atoms. The number of rotatable bonds is 5. The van der Waals surface area contributed by atoms with Crippen molar-refractivity contribution in [3.05, 3.63) is 52.3 Å². The van der Waals surface area contributed by atoms with E-state index in [0.717, 1.165) is 29.3 Å². The lowest BCUT2D eigenvalue weighted by atomic mass is 10.2. The molecule has 0 aliphatic heterocycles. The summed E-state index contributed by atoms with van der Waals surface area (Å²) in [5.41, 5.74) is 2.40. The van der Waals surface area contributed by atoms with Crippen LogP contribution in [-0.2, 0) is 20.1 Å². The highest BCUT2D eigenvalue weighted by atomic mass is 79.9. The maximum absolute atomic E-state index is 5.18. The molecule has 1 heterocycles. The Labute approximate surface area is 146 Å². The van der Waals surface area contributed by atoms with E-state index in [-0.39, 0.29) is 0 Å². The molecule has 0 aliphatic rings. The average molecular weight is 379 g/mol. The first-order valence-corrected chi connectivity index (χ1v) is 8.18. The van der Waals surface area contributed by atoms with Crippen LogP contribution in [0.4, 0.5) is 0 Å². The third-order valence-electron chi connectivity index (χ3n) is 3.66. The molecule has 0 atom stereocenters. The van der Waals surface area contributed by atoms with Gasteiger partial charge in [-0.2, -0.15) is 0 Å². The van der Waals surface area contributed by atoms with Crippen molar-refractivity contribution in [3.63, 3.8) is 0 Å². The summed E-state index contributed by atoms with van der Waals surface area (Å²) in [6, 6.07) is 10.1. The fourth-order valence-electron chi connectivity index (χ4n) is 2.35. The summed E-state index contributed by atoms with van der Waals surface area (Å²) in [7, 11) is 7.55. The van der Waals surface area contributed by atoms with Crippen molar-refractivity contribution >= 4 is 21.9 Å². The summed E-state index contributed by atoms with van der Waals surface area (Å²) in [5, 5.41) is 3.38. The van der Waals surface area contributed by atoms with Crippen molar-refractivity contribution < 1.29 is 4.74 Å². The standard InChI is InChI=1S/C17H23BrN4O/c1-19-17(20-10-13-5-7-16(23-4)8-6-13)22(3)12-15-9-14(18)11-21(15)2/h5-9,11H,10,12H2,1-4H3,(H,19,20). The Balaban J connectivity index is 1.94. The molecule has 0 amide bonds. The number of nitrogens with one attached hydrogen (secondary N) is 1. The van der Waals surface area contributed by atoms with Gasteiger partial charge in [0.1, 0.15) is 5.75 Å². The lowest BCUT2D eigenvalue weighted by molar-refractivity contribution is 0.414. The van der Waals surface area contributed by atoms with Gasteiger partial charge in [0.05, 0.1) is 13.7 Å². The molecular weight excluding hydrogens is 356 g/mol. The largest absolute Gasteiger partial charge is 0.497 e. The smallest absolute Gasteiger partial charge is 0.194 e. The van der Waals surface area contributed by atoms with E-state index in [2.05, 4.69) is 48.0 Å². The highest BCUT2D eigenvalue weighted by molar-refractivity contribution is 9.10. The lowest BCUT2D eigenvalue weighted by Crippen LogP contribution is -2.38. The molecule has 6 heteroatoms. The van der Waals surface area contributed by atoms with Crippen molar-refractivity contribution in [3.8, 4) is 5.75 Å². The molecule has 1 N–H and O–H groups in total. The van der Waals surface area contributed by atoms with Crippen LogP contribution in [0.2, 0.25) is 0 Å². The van der Waals surface area contributed by atoms with Gasteiger partial charge in [-0.15, -0.1) is 0 Å². The number of aryl methyl sites for hydroxylation is 1. The summed E-state index contributed by atoms with van der Waals surface area (Å²) in [6.07, 6.45) is 2.05. The average Bonchev–Trinajstić information content (AvgIpc) is 2.86. The summed E-state index contributed by atoms with van der Waals surface area (Å²) >= 11 is 3.50. The second kappa shape index (κ2) is 8.06. The Morgan fingerprint density at radius 1 is 1.35 bits per heavy atom. The number of halogens is 1. The molecule has 124 valence electrons. The molecule has 23 heavy (non-hydrogen) atoms. The van der Waals surface area contributed by atoms with Crippen molar-refractivity contribution in [1.29, 1.82) is 0 Å². The number of hydrogen-bond acceptors (Lipinski definition) is 2. The minimum Gasteiger partial charge on any atom is -0.497 e. The predicted octanol–water partition coefficient (Wildman–Crippen LogP) is 3.00. The summed E-state index contributed by atoms with van der Waals surface area (Å²) in [4.78, 5) is 6.46. The van der Waals surface area contributed by atoms with E-state index >= 15 is 0 Å². The van der Waals surface area contributed by atoms with Gasteiger partial charge in [0.2, 0.25) is 0 Å². The first-order valence-electron chi connectivity index (χ1n) is 7.39. The fourth-order valence-corrected chi connectivity index (χ4v) is 2.92. The molecule has 0 radical (unpaired) electrons. The third kappa shape index (κ3) is 4.76. The van der Waals surface area contributed by atoms with Crippen LogP contribution in [0, 0.1) is 0 Å². The van der Waals surface area contributed by atoms with E-state index in [4.69, 9.17) is 4.74 Å². The molecule has 0 bridgehead atoms. The van der Waals surface area contributed by atoms with Crippen LogP contribution >= 0.6 is 15.9 Å². The van der Waals surface area contributed by atoms with Crippen molar-refractivity contribution in [1.82, 2.24) is 14.8 Å². The molecule has 0 unspecified atom stereocenters. The number of benzene rings is 1. The van der Waals surface area contributed by atoms with Gasteiger partial charge in [0.15, 0.2) is 5.96 Å². The topological polar surface area (TPSA) is 41.8 Å². The molecule has 0 aliphatic carbocycles. The molecule has 5 nitrogen and oxygen atoms in total. The molecule has 2 rings (SSSR count). The summed E-state index contributed by atoms with van der Waals surface area (Å²) in [5.74, 6) is 1.72. The van der Waals surface area contributed by atoms with Gasteiger partial charge in [-0.3, -0.25) is 4.99 Å². The normalized spacial score (nSPS) is 11.4. The zero-order valence-electron chi connectivity index (χ0n) is 14.0. The van der Waals surface area contributed by atoms with E-state index in [9.17, 15) is 0 Å². The number of hydrogen-bond donors (Lipinski definition) is 1. The second-order valence-electron chi connectivity index (χ2n) is 5.37. The number of aromatic nitrogens is 1. The minimum atomic E-state index is 0.720. The molecule has 2 aromatic rings. The van der Waals surface area contributed by atoms with Crippen LogP contribution in [0.3, 0.4) is 0 Å². The Bertz CT molecular complexity index is 664. The Morgan fingerprint density at radius 2 is 2.04 bits per heavy atom. The number of aliphatic imine (C=N–C) groups is 1. The summed E-state index contributed by atoms with van der Waals surface area (Å²) in [6.45, 7) is 1.50. The second-order valence-corrected chi connectivity index (χ2v) is 6.28. The maximum Gasteiger partial charge on any atom is 0.194 e. The van der Waals surface area contributed by atoms with Crippen LogP contribution in [0.15, 0.2) is 46.0 Å². The number of nitrogens with zero attached hydrogens (tertiary/aromatic N) is 3. The number of methoxy groups -OCH3 is 1. The Morgan fingerprint density at radius 3 is 2.57 bits per heavy atom. The Hall–Kier alpha value is -1.95. The summed E-state index contributed by atoms with van der Waals surface area (Å²) < 4.78 is 8.37. The van der Waals surface area contributed by atoms with E-state index in [1.165, 1.54) is 11.3 Å². The van der Waals surface area contributed by atoms with Crippen molar-refractivity contribution in [2.24, 2.45) is 12.0 Å². The molecular formula is C17H23BrN4O. The quantitative estimate of drug-likeness (QED) is 0.642. The maximum atomic E-state index is 5.18. The first kappa shape index (κ1) is 17.4. The van der Waals surface area contributed by atoms with Gasteiger partial charge >= 0.3 is 0 Å². The van der Waals surface area contributed by atoms with E-state index in [1.807, 2.05) is 38.4 Å². The molecule has 1 aromatic carbocycles. The van der Waals surface area contributed by atoms with Crippen LogP contribution in [0.25, 0.3) is 0 Å². The number of ether oxygens (including phenoxy) is 1. The van der Waals surface area contributed by atoms with Gasteiger partial charge in [-0.1, -0.05) is 12.1 Å².